The number of rotatable bonds is 9. The van der Waals surface area contributed by atoms with Gasteiger partial charge in [0.1, 0.15) is 11.6 Å². The van der Waals surface area contributed by atoms with Gasteiger partial charge in [0.2, 0.25) is 10.0 Å². The van der Waals surface area contributed by atoms with E-state index in [1.807, 2.05) is 0 Å². The Morgan fingerprint density at radius 3 is 2.20 bits per heavy atom. The summed E-state index contributed by atoms with van der Waals surface area (Å²) in [5.74, 6) is -0.636. The minimum atomic E-state index is -3.87. The van der Waals surface area contributed by atoms with Crippen molar-refractivity contribution in [1.29, 1.82) is 0 Å². The van der Waals surface area contributed by atoms with E-state index in [4.69, 9.17) is 11.6 Å². The third-order valence-corrected chi connectivity index (χ3v) is 8.26. The second-order valence-corrected chi connectivity index (χ2v) is 11.0. The fourth-order valence-electron chi connectivity index (χ4n) is 4.35. The maximum absolute atomic E-state index is 13.3. The third kappa shape index (κ3) is 6.23. The monoisotopic (exact) mass is 513 g/mol. The molecule has 8 heteroatoms. The number of nitrogens with zero attached hydrogens (tertiary/aromatic N) is 1. The van der Waals surface area contributed by atoms with Crippen molar-refractivity contribution < 1.29 is 22.4 Å². The molecule has 3 aromatic rings. The Morgan fingerprint density at radius 1 is 0.886 bits per heavy atom. The average Bonchev–Trinajstić information content (AvgIpc) is 3.32. The summed E-state index contributed by atoms with van der Waals surface area (Å²) in [6.07, 6.45) is 1.45. The zero-order valence-electron chi connectivity index (χ0n) is 19.0. The number of hydrogen-bond acceptors (Lipinski definition) is 4. The smallest absolute Gasteiger partial charge is 0.243 e. The average molecular weight is 514 g/mol. The van der Waals surface area contributed by atoms with Crippen LogP contribution in [0, 0.1) is 5.82 Å². The molecule has 0 aliphatic carbocycles. The molecule has 0 N–H and O–H groups in total. The molecule has 182 valence electrons. The molecule has 0 bridgehead atoms. The zero-order chi connectivity index (χ0) is 25.0. The molecule has 0 spiro atoms. The summed E-state index contributed by atoms with van der Waals surface area (Å²) >= 11 is 5.90. The van der Waals surface area contributed by atoms with E-state index in [0.29, 0.717) is 29.0 Å². The minimum Gasteiger partial charge on any atom is -0.299 e. The van der Waals surface area contributed by atoms with Crippen molar-refractivity contribution in [2.45, 2.75) is 43.0 Å². The van der Waals surface area contributed by atoms with E-state index in [1.165, 1.54) is 28.6 Å². The summed E-state index contributed by atoms with van der Waals surface area (Å²) in [6.45, 7) is 0.285. The second-order valence-electron chi connectivity index (χ2n) is 8.71. The summed E-state index contributed by atoms with van der Waals surface area (Å²) < 4.78 is 41.2. The lowest BCUT2D eigenvalue weighted by molar-refractivity contribution is -0.121. The lowest BCUT2D eigenvalue weighted by atomic mass is 10.0. The first-order valence-corrected chi connectivity index (χ1v) is 13.2. The van der Waals surface area contributed by atoms with Gasteiger partial charge < -0.3 is 0 Å². The molecule has 0 unspecified atom stereocenters. The number of carbonyl (C=O) groups is 2. The molecule has 1 atom stereocenters. The number of ketones is 2. The molecule has 0 saturated carbocycles. The molecule has 1 heterocycles. The fourth-order valence-corrected chi connectivity index (χ4v) is 6.15. The van der Waals surface area contributed by atoms with Gasteiger partial charge in [-0.1, -0.05) is 48.0 Å². The van der Waals surface area contributed by atoms with Crippen LogP contribution in [0.4, 0.5) is 4.39 Å². The highest BCUT2D eigenvalue weighted by molar-refractivity contribution is 7.89. The zero-order valence-corrected chi connectivity index (χ0v) is 20.6. The quantitative estimate of drug-likeness (QED) is 0.412. The lowest BCUT2D eigenvalue weighted by Crippen LogP contribution is -2.41. The Hall–Kier alpha value is -2.87. The molecule has 1 fully saturated rings. The SMILES string of the molecule is O=C(Cc1ccc(S(=O)(=O)N2CCC[C@H]2C(=O)Cc2ccc(Cl)cc2)cc1)Cc1cccc(F)c1. The van der Waals surface area contributed by atoms with Crippen LogP contribution >= 0.6 is 11.6 Å². The van der Waals surface area contributed by atoms with E-state index in [9.17, 15) is 22.4 Å². The molecular formula is C27H25ClFNO4S. The van der Waals surface area contributed by atoms with Crippen molar-refractivity contribution in [3.63, 3.8) is 0 Å². The molecule has 1 aliphatic heterocycles. The van der Waals surface area contributed by atoms with Crippen LogP contribution in [-0.2, 0) is 38.9 Å². The van der Waals surface area contributed by atoms with Gasteiger partial charge in [-0.3, -0.25) is 9.59 Å². The Bertz CT molecular complexity index is 1320. The standard InChI is InChI=1S/C27H25ClFNO4S/c28-22-10-6-20(7-11-22)18-27(32)26-5-2-14-30(26)35(33,34)25-12-8-19(9-13-25)16-24(31)17-21-3-1-4-23(29)15-21/h1,3-4,6-13,15,26H,2,5,14,16-18H2/t26-/m0/s1. The van der Waals surface area contributed by atoms with Crippen molar-refractivity contribution >= 4 is 33.2 Å². The Kier molecular flexibility index (Phi) is 7.79. The van der Waals surface area contributed by atoms with Crippen molar-refractivity contribution in [3.05, 3.63) is 100 Å². The molecule has 1 aliphatic rings. The van der Waals surface area contributed by atoms with Crippen LogP contribution in [0.5, 0.6) is 0 Å². The van der Waals surface area contributed by atoms with Gasteiger partial charge in [-0.25, -0.2) is 12.8 Å². The van der Waals surface area contributed by atoms with E-state index in [0.717, 1.165) is 5.56 Å². The normalized spacial score (nSPS) is 16.3. The van der Waals surface area contributed by atoms with Gasteiger partial charge in [-0.2, -0.15) is 4.31 Å². The number of sulfonamides is 1. The number of hydrogen-bond donors (Lipinski definition) is 0. The third-order valence-electron chi connectivity index (χ3n) is 6.09. The fraction of sp³-hybridized carbons (Fsp3) is 0.259. The van der Waals surface area contributed by atoms with E-state index in [-0.39, 0.29) is 42.3 Å². The number of halogens is 2. The first kappa shape index (κ1) is 25.2. The van der Waals surface area contributed by atoms with Crippen molar-refractivity contribution in [2.75, 3.05) is 6.54 Å². The highest BCUT2D eigenvalue weighted by Gasteiger charge is 2.39. The maximum atomic E-state index is 13.3. The number of carbonyl (C=O) groups excluding carboxylic acids is 2. The maximum Gasteiger partial charge on any atom is 0.243 e. The minimum absolute atomic E-state index is 0.0880. The Labute approximate surface area is 209 Å². The summed E-state index contributed by atoms with van der Waals surface area (Å²) in [4.78, 5) is 25.4. The number of Topliss-reactive ketones (excluding diaryl/α,β-unsaturated/α-hetero) is 2. The van der Waals surface area contributed by atoms with Crippen molar-refractivity contribution in [1.82, 2.24) is 4.31 Å². The highest BCUT2D eigenvalue weighted by atomic mass is 35.5. The molecule has 0 amide bonds. The van der Waals surface area contributed by atoms with Crippen molar-refractivity contribution in [3.8, 4) is 0 Å². The second kappa shape index (κ2) is 10.8. The Morgan fingerprint density at radius 2 is 1.51 bits per heavy atom. The van der Waals surface area contributed by atoms with Crippen LogP contribution in [-0.4, -0.2) is 36.9 Å². The van der Waals surface area contributed by atoms with Gasteiger partial charge in [-0.05, 0) is 65.9 Å². The van der Waals surface area contributed by atoms with E-state index in [2.05, 4.69) is 0 Å². The predicted octanol–water partition coefficient (Wildman–Crippen LogP) is 4.80. The highest BCUT2D eigenvalue weighted by Crippen LogP contribution is 2.28. The lowest BCUT2D eigenvalue weighted by Gasteiger charge is -2.23. The van der Waals surface area contributed by atoms with Gasteiger partial charge in [0, 0.05) is 30.8 Å². The van der Waals surface area contributed by atoms with Crippen molar-refractivity contribution in [2.24, 2.45) is 0 Å². The largest absolute Gasteiger partial charge is 0.299 e. The van der Waals surface area contributed by atoms with Crippen LogP contribution in [0.2, 0.25) is 5.02 Å². The molecule has 4 rings (SSSR count). The summed E-state index contributed by atoms with van der Waals surface area (Å²) in [6, 6.07) is 18.3. The molecule has 0 aromatic heterocycles. The van der Waals surface area contributed by atoms with Crippen LogP contribution in [0.3, 0.4) is 0 Å². The predicted molar refractivity (Wildman–Crippen MR) is 132 cm³/mol. The molecule has 1 saturated heterocycles. The molecule has 3 aromatic carbocycles. The van der Waals surface area contributed by atoms with Crippen LogP contribution in [0.25, 0.3) is 0 Å². The summed E-state index contributed by atoms with van der Waals surface area (Å²) in [5.41, 5.74) is 2.05. The van der Waals surface area contributed by atoms with Gasteiger partial charge in [0.25, 0.3) is 0 Å². The van der Waals surface area contributed by atoms with Crippen LogP contribution in [0.15, 0.2) is 77.7 Å². The summed E-state index contributed by atoms with van der Waals surface area (Å²) in [5, 5.41) is 0.574. The first-order valence-electron chi connectivity index (χ1n) is 11.4. The molecule has 0 radical (unpaired) electrons. The van der Waals surface area contributed by atoms with E-state index >= 15 is 0 Å². The topological polar surface area (TPSA) is 71.5 Å². The first-order chi connectivity index (χ1) is 16.7. The van der Waals surface area contributed by atoms with E-state index < -0.39 is 21.9 Å². The molecular weight excluding hydrogens is 489 g/mol. The van der Waals surface area contributed by atoms with Gasteiger partial charge in [-0.15, -0.1) is 0 Å². The van der Waals surface area contributed by atoms with Gasteiger partial charge in [0.05, 0.1) is 10.9 Å². The molecule has 5 nitrogen and oxygen atoms in total. The number of benzene rings is 3. The van der Waals surface area contributed by atoms with Gasteiger partial charge >= 0.3 is 0 Å². The van der Waals surface area contributed by atoms with Gasteiger partial charge in [0.15, 0.2) is 5.78 Å². The van der Waals surface area contributed by atoms with Crippen LogP contribution < -0.4 is 0 Å². The Balaban J connectivity index is 1.42. The summed E-state index contributed by atoms with van der Waals surface area (Å²) in [7, 11) is -3.87. The van der Waals surface area contributed by atoms with Crippen LogP contribution in [0.1, 0.15) is 29.5 Å². The van der Waals surface area contributed by atoms with E-state index in [1.54, 1.807) is 48.5 Å². The molecule has 35 heavy (non-hydrogen) atoms.